The fourth-order valence-electron chi connectivity index (χ4n) is 1.74. The Balaban J connectivity index is 2.81. The van der Waals surface area contributed by atoms with Crippen LogP contribution in [0.3, 0.4) is 0 Å². The maximum absolute atomic E-state index is 11.9. The van der Waals surface area contributed by atoms with Crippen molar-refractivity contribution < 1.29 is 24.9 Å². The molecule has 116 valence electrons. The van der Waals surface area contributed by atoms with Gasteiger partial charge in [-0.3, -0.25) is 4.79 Å². The van der Waals surface area contributed by atoms with Gasteiger partial charge in [0.15, 0.2) is 11.5 Å². The van der Waals surface area contributed by atoms with Crippen molar-refractivity contribution >= 4 is 11.9 Å². The van der Waals surface area contributed by atoms with Gasteiger partial charge in [-0.05, 0) is 23.6 Å². The molecule has 0 saturated heterocycles. The van der Waals surface area contributed by atoms with Gasteiger partial charge in [-0.1, -0.05) is 26.8 Å². The Labute approximate surface area is 123 Å². The zero-order valence-corrected chi connectivity index (χ0v) is 12.3. The van der Waals surface area contributed by atoms with Gasteiger partial charge in [0.1, 0.15) is 6.04 Å². The summed E-state index contributed by atoms with van der Waals surface area (Å²) >= 11 is 0. The van der Waals surface area contributed by atoms with Gasteiger partial charge in [0, 0.05) is 12.3 Å². The van der Waals surface area contributed by atoms with Crippen molar-refractivity contribution in [1.29, 1.82) is 0 Å². The molecule has 1 aromatic rings. The minimum Gasteiger partial charge on any atom is -0.504 e. The van der Waals surface area contributed by atoms with Gasteiger partial charge in [0.2, 0.25) is 5.91 Å². The third kappa shape index (κ3) is 4.66. The van der Waals surface area contributed by atoms with E-state index in [1.165, 1.54) is 18.2 Å². The van der Waals surface area contributed by atoms with E-state index in [-0.39, 0.29) is 35.7 Å². The largest absolute Gasteiger partial charge is 0.504 e. The molecular weight excluding hydrogens is 274 g/mol. The predicted octanol–water partition coefficient (Wildman–Crippen LogP) is 1.50. The fourth-order valence-corrected chi connectivity index (χ4v) is 1.74. The lowest BCUT2D eigenvalue weighted by molar-refractivity contribution is -0.142. The number of carbonyl (C=O) groups excluding carboxylic acids is 1. The number of nitrogens with one attached hydrogen (secondary N) is 1. The number of amides is 1. The van der Waals surface area contributed by atoms with E-state index in [2.05, 4.69) is 5.32 Å². The Morgan fingerprint density at radius 2 is 1.76 bits per heavy atom. The first-order valence-corrected chi connectivity index (χ1v) is 6.76. The molecule has 0 heterocycles. The predicted molar refractivity (Wildman–Crippen MR) is 77.0 cm³/mol. The van der Waals surface area contributed by atoms with Gasteiger partial charge in [-0.25, -0.2) is 4.79 Å². The molecule has 0 aliphatic heterocycles. The minimum absolute atomic E-state index is 0.0275. The highest BCUT2D eigenvalue weighted by atomic mass is 16.4. The fraction of sp³-hybridized carbons (Fsp3) is 0.467. The number of hydrogen-bond acceptors (Lipinski definition) is 4. The van der Waals surface area contributed by atoms with Crippen molar-refractivity contribution in [2.24, 2.45) is 11.8 Å². The number of aliphatic carboxylic acids is 1. The second kappa shape index (κ2) is 6.97. The van der Waals surface area contributed by atoms with Crippen molar-refractivity contribution in [1.82, 2.24) is 5.32 Å². The molecular formula is C15H21NO5. The maximum atomic E-state index is 11.9. The van der Waals surface area contributed by atoms with Gasteiger partial charge < -0.3 is 20.6 Å². The summed E-state index contributed by atoms with van der Waals surface area (Å²) in [7, 11) is 0. The van der Waals surface area contributed by atoms with Crippen molar-refractivity contribution in [2.75, 3.05) is 0 Å². The van der Waals surface area contributed by atoms with Gasteiger partial charge in [-0.2, -0.15) is 0 Å². The van der Waals surface area contributed by atoms with Crippen molar-refractivity contribution in [3.8, 4) is 11.5 Å². The van der Waals surface area contributed by atoms with Gasteiger partial charge >= 0.3 is 5.97 Å². The summed E-state index contributed by atoms with van der Waals surface area (Å²) in [6, 6.07) is 2.98. The Bertz CT molecular complexity index is 527. The van der Waals surface area contributed by atoms with Crippen LogP contribution in [0.2, 0.25) is 0 Å². The molecule has 2 atom stereocenters. The summed E-state index contributed by atoms with van der Waals surface area (Å²) in [5, 5.41) is 30.3. The molecule has 4 N–H and O–H groups in total. The van der Waals surface area contributed by atoms with Gasteiger partial charge in [0.05, 0.1) is 0 Å². The summed E-state index contributed by atoms with van der Waals surface area (Å²) in [5.74, 6) is -2.24. The second-order valence-electron chi connectivity index (χ2n) is 5.46. The first kappa shape index (κ1) is 16.8. The summed E-state index contributed by atoms with van der Waals surface area (Å²) in [5.41, 5.74) is 0.509. The van der Waals surface area contributed by atoms with E-state index in [1.54, 1.807) is 6.92 Å². The molecule has 0 radical (unpaired) electrons. The van der Waals surface area contributed by atoms with Crippen LogP contribution in [-0.2, 0) is 16.0 Å². The topological polar surface area (TPSA) is 107 Å². The molecule has 1 amide bonds. The van der Waals surface area contributed by atoms with E-state index >= 15 is 0 Å². The number of carbonyl (C=O) groups is 2. The van der Waals surface area contributed by atoms with Crippen LogP contribution in [-0.4, -0.2) is 33.2 Å². The van der Waals surface area contributed by atoms with E-state index in [4.69, 9.17) is 0 Å². The second-order valence-corrected chi connectivity index (χ2v) is 5.46. The molecule has 21 heavy (non-hydrogen) atoms. The van der Waals surface area contributed by atoms with E-state index in [9.17, 15) is 24.9 Å². The maximum Gasteiger partial charge on any atom is 0.326 e. The van der Waals surface area contributed by atoms with Crippen LogP contribution in [0.1, 0.15) is 26.3 Å². The Morgan fingerprint density at radius 3 is 2.24 bits per heavy atom. The molecule has 0 saturated carbocycles. The molecule has 0 aromatic heterocycles. The highest BCUT2D eigenvalue weighted by molar-refractivity contribution is 5.85. The summed E-state index contributed by atoms with van der Waals surface area (Å²) in [6.45, 7) is 5.52. The molecule has 0 spiro atoms. The molecule has 1 unspecified atom stereocenters. The highest BCUT2D eigenvalue weighted by Crippen LogP contribution is 2.25. The minimum atomic E-state index is -1.15. The summed E-state index contributed by atoms with van der Waals surface area (Å²) in [6.07, 6.45) is 0.0275. The monoisotopic (exact) mass is 295 g/mol. The standard InChI is InChI=1S/C15H21NO5/c1-8(2)9(3)14(19)16-11(15(20)21)6-10-4-5-12(17)13(18)7-10/h4-5,7-9,11,17-18H,6H2,1-3H3,(H,16,19)(H,20,21)/t9?,11-/m0/s1. The number of rotatable bonds is 6. The Morgan fingerprint density at radius 1 is 1.14 bits per heavy atom. The lowest BCUT2D eigenvalue weighted by atomic mass is 9.96. The van der Waals surface area contributed by atoms with E-state index in [0.717, 1.165) is 0 Å². The lowest BCUT2D eigenvalue weighted by Gasteiger charge is -2.20. The van der Waals surface area contributed by atoms with E-state index in [0.29, 0.717) is 5.56 Å². The zero-order chi connectivity index (χ0) is 16.2. The number of aromatic hydroxyl groups is 2. The van der Waals surface area contributed by atoms with E-state index in [1.807, 2.05) is 13.8 Å². The smallest absolute Gasteiger partial charge is 0.326 e. The highest BCUT2D eigenvalue weighted by Gasteiger charge is 2.24. The average Bonchev–Trinajstić information content (AvgIpc) is 2.40. The van der Waals surface area contributed by atoms with Crippen molar-refractivity contribution in [3.63, 3.8) is 0 Å². The lowest BCUT2D eigenvalue weighted by Crippen LogP contribution is -2.45. The van der Waals surface area contributed by atoms with Crippen LogP contribution in [0.25, 0.3) is 0 Å². The van der Waals surface area contributed by atoms with Crippen LogP contribution in [0.15, 0.2) is 18.2 Å². The number of phenolic OH excluding ortho intramolecular Hbond substituents is 2. The summed E-state index contributed by atoms with van der Waals surface area (Å²) < 4.78 is 0. The van der Waals surface area contributed by atoms with Crippen LogP contribution >= 0.6 is 0 Å². The third-order valence-electron chi connectivity index (χ3n) is 3.51. The number of benzene rings is 1. The zero-order valence-electron chi connectivity index (χ0n) is 12.3. The summed E-state index contributed by atoms with van der Waals surface area (Å²) in [4.78, 5) is 23.2. The number of carboxylic acid groups (broad SMARTS) is 1. The Kier molecular flexibility index (Phi) is 5.58. The number of hydrogen-bond donors (Lipinski definition) is 4. The van der Waals surface area contributed by atoms with Crippen LogP contribution in [0.4, 0.5) is 0 Å². The van der Waals surface area contributed by atoms with Crippen LogP contribution in [0.5, 0.6) is 11.5 Å². The first-order valence-electron chi connectivity index (χ1n) is 6.76. The van der Waals surface area contributed by atoms with Gasteiger partial charge in [-0.15, -0.1) is 0 Å². The molecule has 0 bridgehead atoms. The molecule has 0 fully saturated rings. The molecule has 0 aliphatic rings. The quantitative estimate of drug-likeness (QED) is 0.595. The molecule has 6 nitrogen and oxygen atoms in total. The van der Waals surface area contributed by atoms with Crippen molar-refractivity contribution in [2.45, 2.75) is 33.2 Å². The number of carboxylic acids is 1. The Hall–Kier alpha value is -2.24. The normalized spacial score (nSPS) is 13.7. The van der Waals surface area contributed by atoms with Gasteiger partial charge in [0.25, 0.3) is 0 Å². The molecule has 1 aromatic carbocycles. The SMILES string of the molecule is CC(C)C(C)C(=O)N[C@@H](Cc1ccc(O)c(O)c1)C(=O)O. The molecule has 0 aliphatic carbocycles. The average molecular weight is 295 g/mol. The molecule has 1 rings (SSSR count). The number of phenols is 2. The van der Waals surface area contributed by atoms with Crippen LogP contribution in [0, 0.1) is 11.8 Å². The molecule has 6 heteroatoms. The first-order chi connectivity index (χ1) is 9.72. The van der Waals surface area contributed by atoms with E-state index < -0.39 is 12.0 Å². The van der Waals surface area contributed by atoms with Crippen molar-refractivity contribution in [3.05, 3.63) is 23.8 Å². The third-order valence-corrected chi connectivity index (χ3v) is 3.51. The van der Waals surface area contributed by atoms with Crippen LogP contribution < -0.4 is 5.32 Å².